The van der Waals surface area contributed by atoms with E-state index in [1.807, 2.05) is 41.9 Å². The SMILES string of the molecule is Cc1c[c-]c(-c2ccc(C)cn2)cc1.Cc1n[c-]n2c3nccc4cc(CC5CCCC5)c5c6ccccc6n(c5c43)c12.[Ir]. The molecule has 0 unspecified atom stereocenters. The first-order valence-electron chi connectivity index (χ1n) is 15.3. The van der Waals surface area contributed by atoms with Crippen LogP contribution in [-0.4, -0.2) is 23.8 Å². The van der Waals surface area contributed by atoms with Gasteiger partial charge >= 0.3 is 0 Å². The maximum atomic E-state index is 4.76. The zero-order valence-corrected chi connectivity index (χ0v) is 27.6. The van der Waals surface area contributed by atoms with Gasteiger partial charge in [0.25, 0.3) is 0 Å². The standard InChI is InChI=1S/C25H21N4.C13H12N.Ir/c1-15-25-28(14-27-15)24-22-17(10-11-26-24)13-18(12-16-6-2-3-7-16)21-19-8-4-5-9-20(19)29(25)23(21)22;1-10-3-6-12(7-4-10)13-8-5-11(2)9-14-13;/h4-5,8-11,13,16H,2-3,6-7,12H2,1H3;3-6,8-9H,1-2H3;/q2*-1;. The van der Waals surface area contributed by atoms with Crippen molar-refractivity contribution < 1.29 is 20.1 Å². The van der Waals surface area contributed by atoms with E-state index >= 15 is 0 Å². The third-order valence-corrected chi connectivity index (χ3v) is 9.14. The number of aromatic nitrogens is 5. The number of pyridine rings is 2. The number of rotatable bonds is 3. The van der Waals surface area contributed by atoms with Crippen molar-refractivity contribution in [2.24, 2.45) is 5.92 Å². The van der Waals surface area contributed by atoms with E-state index in [-0.39, 0.29) is 20.1 Å². The van der Waals surface area contributed by atoms with Crippen LogP contribution in [0.1, 0.15) is 48.1 Å². The van der Waals surface area contributed by atoms with Crippen molar-refractivity contribution in [2.75, 3.05) is 0 Å². The summed E-state index contributed by atoms with van der Waals surface area (Å²) < 4.78 is 4.44. The Morgan fingerprint density at radius 2 is 1.70 bits per heavy atom. The summed E-state index contributed by atoms with van der Waals surface area (Å²) >= 11 is 0. The average Bonchev–Trinajstić information content (AvgIpc) is 3.76. The van der Waals surface area contributed by atoms with E-state index in [1.165, 1.54) is 81.4 Å². The van der Waals surface area contributed by atoms with Gasteiger partial charge in [0.15, 0.2) is 0 Å². The average molecular weight is 752 g/mol. The first kappa shape index (κ1) is 28.6. The van der Waals surface area contributed by atoms with E-state index in [0.29, 0.717) is 0 Å². The Labute approximate surface area is 270 Å². The molecule has 1 radical (unpaired) electrons. The number of para-hydroxylation sites is 1. The van der Waals surface area contributed by atoms with Crippen LogP contribution in [0.15, 0.2) is 79.1 Å². The van der Waals surface area contributed by atoms with E-state index in [1.54, 1.807) is 0 Å². The van der Waals surface area contributed by atoms with Crippen molar-refractivity contribution in [3.8, 4) is 11.3 Å². The molecule has 0 N–H and O–H groups in total. The van der Waals surface area contributed by atoms with Gasteiger partial charge in [0.05, 0.1) is 5.65 Å². The number of benzene rings is 3. The van der Waals surface area contributed by atoms with Crippen molar-refractivity contribution in [3.63, 3.8) is 0 Å². The molecule has 9 rings (SSSR count). The number of hydrogen-bond donors (Lipinski definition) is 0. The monoisotopic (exact) mass is 752 g/mol. The Morgan fingerprint density at radius 3 is 2.48 bits per heavy atom. The zero-order chi connectivity index (χ0) is 29.1. The molecule has 0 aliphatic heterocycles. The van der Waals surface area contributed by atoms with Crippen LogP contribution in [-0.2, 0) is 26.5 Å². The molecule has 1 fully saturated rings. The van der Waals surface area contributed by atoms with Crippen LogP contribution in [0.4, 0.5) is 0 Å². The number of fused-ring (bicyclic) bond motifs is 6. The molecule has 44 heavy (non-hydrogen) atoms. The van der Waals surface area contributed by atoms with E-state index < -0.39 is 0 Å². The van der Waals surface area contributed by atoms with Gasteiger partial charge < -0.3 is 18.8 Å². The summed E-state index contributed by atoms with van der Waals surface area (Å²) in [5, 5.41) is 5.22. The maximum absolute atomic E-state index is 4.76. The number of imidazole rings is 1. The van der Waals surface area contributed by atoms with Crippen LogP contribution in [0.2, 0.25) is 0 Å². The van der Waals surface area contributed by atoms with Crippen LogP contribution >= 0.6 is 0 Å². The van der Waals surface area contributed by atoms with Gasteiger partial charge in [-0.05, 0) is 59.3 Å². The minimum absolute atomic E-state index is 0. The number of hydrogen-bond acceptors (Lipinski definition) is 3. The molecular weight excluding hydrogens is 719 g/mol. The van der Waals surface area contributed by atoms with Crippen molar-refractivity contribution >= 4 is 43.9 Å². The second kappa shape index (κ2) is 11.4. The second-order valence-electron chi connectivity index (χ2n) is 12.2. The van der Waals surface area contributed by atoms with Gasteiger partial charge in [0.1, 0.15) is 0 Å². The smallest absolute Gasteiger partial charge is 0.0662 e. The van der Waals surface area contributed by atoms with Gasteiger partial charge in [-0.25, -0.2) is 0 Å². The molecule has 8 aromatic rings. The van der Waals surface area contributed by atoms with Crippen LogP contribution in [0.25, 0.3) is 55.1 Å². The van der Waals surface area contributed by atoms with Gasteiger partial charge in [-0.2, -0.15) is 0 Å². The van der Waals surface area contributed by atoms with E-state index in [2.05, 4.69) is 89.1 Å². The third kappa shape index (κ3) is 4.68. The van der Waals surface area contributed by atoms with Crippen molar-refractivity contribution in [3.05, 3.63) is 114 Å². The van der Waals surface area contributed by atoms with Gasteiger partial charge in [-0.3, -0.25) is 4.98 Å². The molecule has 0 amide bonds. The molecule has 5 nitrogen and oxygen atoms in total. The molecule has 0 saturated heterocycles. The third-order valence-electron chi connectivity index (χ3n) is 9.14. The van der Waals surface area contributed by atoms with Crippen LogP contribution in [0.3, 0.4) is 0 Å². The predicted octanol–water partition coefficient (Wildman–Crippen LogP) is 8.88. The van der Waals surface area contributed by atoms with Gasteiger partial charge in [0, 0.05) is 71.7 Å². The maximum Gasteiger partial charge on any atom is 0.0662 e. The first-order valence-corrected chi connectivity index (χ1v) is 15.3. The Balaban J connectivity index is 0.000000177. The van der Waals surface area contributed by atoms with Crippen molar-refractivity contribution in [1.29, 1.82) is 0 Å². The summed E-state index contributed by atoms with van der Waals surface area (Å²) in [6.07, 6.45) is 13.6. The molecule has 0 bridgehead atoms. The molecule has 6 heteroatoms. The summed E-state index contributed by atoms with van der Waals surface area (Å²) in [6, 6.07) is 26.8. The normalized spacial score (nSPS) is 13.7. The minimum Gasteiger partial charge on any atom is -0.397 e. The molecule has 1 aliphatic rings. The fraction of sp³-hybridized carbons (Fsp3) is 0.237. The molecular formula is C38H33IrN5-2. The van der Waals surface area contributed by atoms with Gasteiger partial charge in [-0.1, -0.05) is 75.9 Å². The minimum atomic E-state index is 0. The molecule has 5 aromatic heterocycles. The largest absolute Gasteiger partial charge is 0.397 e. The Kier molecular flexibility index (Phi) is 7.44. The second-order valence-corrected chi connectivity index (χ2v) is 12.2. The summed E-state index contributed by atoms with van der Waals surface area (Å²) in [4.78, 5) is 13.6. The van der Waals surface area contributed by atoms with E-state index in [4.69, 9.17) is 4.98 Å². The predicted molar refractivity (Wildman–Crippen MR) is 175 cm³/mol. The number of aryl methyl sites for hydroxylation is 3. The van der Waals surface area contributed by atoms with Crippen molar-refractivity contribution in [1.82, 2.24) is 23.8 Å². The van der Waals surface area contributed by atoms with Crippen LogP contribution < -0.4 is 0 Å². The van der Waals surface area contributed by atoms with E-state index in [9.17, 15) is 0 Å². The molecule has 5 heterocycles. The van der Waals surface area contributed by atoms with Crippen molar-refractivity contribution in [2.45, 2.75) is 52.9 Å². The Morgan fingerprint density at radius 1 is 0.886 bits per heavy atom. The summed E-state index contributed by atoms with van der Waals surface area (Å²) in [6.45, 7) is 6.16. The molecule has 221 valence electrons. The van der Waals surface area contributed by atoms with Crippen LogP contribution in [0.5, 0.6) is 0 Å². The molecule has 1 saturated carbocycles. The summed E-state index contributed by atoms with van der Waals surface area (Å²) in [5.74, 6) is 0.808. The topological polar surface area (TPSA) is 47.5 Å². The fourth-order valence-electron chi connectivity index (χ4n) is 7.05. The quantitative estimate of drug-likeness (QED) is 0.170. The van der Waals surface area contributed by atoms with Gasteiger partial charge in [-0.15, -0.1) is 35.4 Å². The molecule has 1 aliphatic carbocycles. The molecule has 0 atom stereocenters. The van der Waals surface area contributed by atoms with Crippen LogP contribution in [0, 0.1) is 39.1 Å². The summed E-state index contributed by atoms with van der Waals surface area (Å²) in [5.41, 5.74) is 11.5. The zero-order valence-electron chi connectivity index (χ0n) is 25.2. The molecule has 3 aromatic carbocycles. The Hall–Kier alpha value is -4.12. The van der Waals surface area contributed by atoms with E-state index in [0.717, 1.165) is 34.2 Å². The van der Waals surface area contributed by atoms with Gasteiger partial charge in [0.2, 0.25) is 0 Å². The molecule has 0 spiro atoms. The number of nitrogens with zero attached hydrogens (tertiary/aromatic N) is 5. The first-order chi connectivity index (χ1) is 21.1. The summed E-state index contributed by atoms with van der Waals surface area (Å²) in [7, 11) is 0. The Bertz CT molecular complexity index is 2190. The fourth-order valence-corrected chi connectivity index (χ4v) is 7.05.